The summed E-state index contributed by atoms with van der Waals surface area (Å²) >= 11 is 0. The first kappa shape index (κ1) is 14.7. The summed E-state index contributed by atoms with van der Waals surface area (Å²) in [5.41, 5.74) is 3.53. The van der Waals surface area contributed by atoms with E-state index in [0.29, 0.717) is 5.92 Å². The summed E-state index contributed by atoms with van der Waals surface area (Å²) in [7, 11) is 0. The van der Waals surface area contributed by atoms with E-state index in [1.54, 1.807) is 0 Å². The van der Waals surface area contributed by atoms with Crippen LogP contribution in [0.5, 0.6) is 0 Å². The summed E-state index contributed by atoms with van der Waals surface area (Å²) in [6, 6.07) is 8.48. The third kappa shape index (κ3) is 3.67. The summed E-state index contributed by atoms with van der Waals surface area (Å²) in [6.07, 6.45) is 1.82. The first-order chi connectivity index (χ1) is 9.37. The Morgan fingerprint density at radius 3 is 2.65 bits per heavy atom. The molecule has 0 unspecified atom stereocenters. The van der Waals surface area contributed by atoms with Crippen molar-refractivity contribution in [3.63, 3.8) is 0 Å². The highest BCUT2D eigenvalue weighted by molar-refractivity contribution is 5.37. The first-order valence-electron chi connectivity index (χ1n) is 7.12. The Hall–Kier alpha value is -1.68. The van der Waals surface area contributed by atoms with Gasteiger partial charge in [0.25, 0.3) is 0 Å². The standard InChI is InChI=1S/C16H24N4/c1-12(2)13-7-6-8-14(9-13)20-15(11-18-19-20)10-17-16(3,4)5/h6-9,11-12,17H,10H2,1-5H3. The molecule has 1 heterocycles. The second-order valence-electron chi connectivity index (χ2n) is 6.49. The van der Waals surface area contributed by atoms with Crippen molar-refractivity contribution in [3.8, 4) is 5.69 Å². The zero-order valence-corrected chi connectivity index (χ0v) is 13.0. The zero-order chi connectivity index (χ0) is 14.8. The van der Waals surface area contributed by atoms with E-state index in [2.05, 4.69) is 74.5 Å². The number of hydrogen-bond acceptors (Lipinski definition) is 3. The molecule has 4 heteroatoms. The molecule has 0 amide bonds. The van der Waals surface area contributed by atoms with Gasteiger partial charge in [0.15, 0.2) is 0 Å². The lowest BCUT2D eigenvalue weighted by atomic mass is 10.0. The fraction of sp³-hybridized carbons (Fsp3) is 0.500. The molecule has 1 N–H and O–H groups in total. The number of nitrogens with one attached hydrogen (secondary N) is 1. The van der Waals surface area contributed by atoms with Crippen LogP contribution in [-0.4, -0.2) is 20.5 Å². The van der Waals surface area contributed by atoms with Crippen LogP contribution in [-0.2, 0) is 6.54 Å². The highest BCUT2D eigenvalue weighted by Crippen LogP contribution is 2.18. The van der Waals surface area contributed by atoms with Crippen molar-refractivity contribution in [3.05, 3.63) is 41.7 Å². The average molecular weight is 272 g/mol. The molecule has 0 aliphatic rings. The van der Waals surface area contributed by atoms with Crippen molar-refractivity contribution in [2.75, 3.05) is 0 Å². The number of hydrogen-bond donors (Lipinski definition) is 1. The number of nitrogens with zero attached hydrogens (tertiary/aromatic N) is 3. The fourth-order valence-corrected chi connectivity index (χ4v) is 1.97. The zero-order valence-electron chi connectivity index (χ0n) is 13.0. The van der Waals surface area contributed by atoms with Crippen molar-refractivity contribution < 1.29 is 0 Å². The predicted molar refractivity (Wildman–Crippen MR) is 82.0 cm³/mol. The van der Waals surface area contributed by atoms with Crippen molar-refractivity contribution in [2.45, 2.75) is 52.6 Å². The van der Waals surface area contributed by atoms with Crippen molar-refractivity contribution in [1.29, 1.82) is 0 Å². The molecule has 0 spiro atoms. The van der Waals surface area contributed by atoms with Crippen LogP contribution in [0.15, 0.2) is 30.5 Å². The van der Waals surface area contributed by atoms with E-state index < -0.39 is 0 Å². The smallest absolute Gasteiger partial charge is 0.0783 e. The largest absolute Gasteiger partial charge is 0.306 e. The second-order valence-corrected chi connectivity index (χ2v) is 6.49. The fourth-order valence-electron chi connectivity index (χ4n) is 1.97. The van der Waals surface area contributed by atoms with Crippen LogP contribution in [0.3, 0.4) is 0 Å². The minimum Gasteiger partial charge on any atom is -0.306 e. The van der Waals surface area contributed by atoms with E-state index in [4.69, 9.17) is 0 Å². The van der Waals surface area contributed by atoms with Gasteiger partial charge in [-0.1, -0.05) is 31.2 Å². The monoisotopic (exact) mass is 272 g/mol. The average Bonchev–Trinajstić information content (AvgIpc) is 2.84. The third-order valence-electron chi connectivity index (χ3n) is 3.20. The maximum Gasteiger partial charge on any atom is 0.0783 e. The van der Waals surface area contributed by atoms with Gasteiger partial charge in [-0.15, -0.1) is 5.10 Å². The second kappa shape index (κ2) is 5.75. The van der Waals surface area contributed by atoms with Crippen LogP contribution in [0.25, 0.3) is 5.69 Å². The summed E-state index contributed by atoms with van der Waals surface area (Å²) in [4.78, 5) is 0. The summed E-state index contributed by atoms with van der Waals surface area (Å²) in [6.45, 7) is 11.6. The van der Waals surface area contributed by atoms with Crippen LogP contribution < -0.4 is 5.32 Å². The molecule has 0 atom stereocenters. The molecule has 0 bridgehead atoms. The molecule has 108 valence electrons. The predicted octanol–water partition coefficient (Wildman–Crippen LogP) is 3.28. The Morgan fingerprint density at radius 1 is 1.25 bits per heavy atom. The molecule has 0 aliphatic carbocycles. The molecule has 2 aromatic rings. The first-order valence-corrected chi connectivity index (χ1v) is 7.12. The van der Waals surface area contributed by atoms with Crippen LogP contribution >= 0.6 is 0 Å². The van der Waals surface area contributed by atoms with E-state index in [-0.39, 0.29) is 5.54 Å². The van der Waals surface area contributed by atoms with E-state index in [9.17, 15) is 0 Å². The summed E-state index contributed by atoms with van der Waals surface area (Å²) < 4.78 is 1.91. The maximum atomic E-state index is 4.21. The van der Waals surface area contributed by atoms with Gasteiger partial charge >= 0.3 is 0 Å². The van der Waals surface area contributed by atoms with Gasteiger partial charge in [0.05, 0.1) is 17.6 Å². The number of rotatable bonds is 4. The van der Waals surface area contributed by atoms with Gasteiger partial charge in [-0.25, -0.2) is 4.68 Å². The van der Waals surface area contributed by atoms with Crippen LogP contribution in [0.1, 0.15) is 51.8 Å². The van der Waals surface area contributed by atoms with E-state index in [0.717, 1.165) is 17.9 Å². The molecule has 4 nitrogen and oxygen atoms in total. The van der Waals surface area contributed by atoms with Crippen LogP contribution in [0.4, 0.5) is 0 Å². The molecule has 2 rings (SSSR count). The molecule has 0 saturated heterocycles. The molecular formula is C16H24N4. The SMILES string of the molecule is CC(C)c1cccc(-n2nncc2CNC(C)(C)C)c1. The highest BCUT2D eigenvalue weighted by atomic mass is 15.4. The molecule has 0 aliphatic heterocycles. The Kier molecular flexibility index (Phi) is 4.23. The van der Waals surface area contributed by atoms with Gasteiger partial charge in [0, 0.05) is 12.1 Å². The minimum absolute atomic E-state index is 0.0783. The molecule has 0 fully saturated rings. The molecular weight excluding hydrogens is 248 g/mol. The van der Waals surface area contributed by atoms with Gasteiger partial charge in [0.2, 0.25) is 0 Å². The normalized spacial score (nSPS) is 12.1. The van der Waals surface area contributed by atoms with E-state index in [1.807, 2.05) is 10.9 Å². The van der Waals surface area contributed by atoms with Gasteiger partial charge in [0.1, 0.15) is 0 Å². The minimum atomic E-state index is 0.0783. The lowest BCUT2D eigenvalue weighted by Crippen LogP contribution is -2.35. The van der Waals surface area contributed by atoms with E-state index >= 15 is 0 Å². The number of aromatic nitrogens is 3. The Bertz CT molecular complexity index is 564. The lowest BCUT2D eigenvalue weighted by Gasteiger charge is -2.20. The Labute approximate surface area is 121 Å². The quantitative estimate of drug-likeness (QED) is 0.928. The van der Waals surface area contributed by atoms with Crippen LogP contribution in [0, 0.1) is 0 Å². The van der Waals surface area contributed by atoms with Crippen LogP contribution in [0.2, 0.25) is 0 Å². The molecule has 1 aromatic heterocycles. The molecule has 20 heavy (non-hydrogen) atoms. The van der Waals surface area contributed by atoms with Gasteiger partial charge in [-0.3, -0.25) is 0 Å². The van der Waals surface area contributed by atoms with E-state index in [1.165, 1.54) is 5.56 Å². The lowest BCUT2D eigenvalue weighted by molar-refractivity contribution is 0.418. The molecule has 0 radical (unpaired) electrons. The third-order valence-corrected chi connectivity index (χ3v) is 3.20. The number of benzene rings is 1. The Balaban J connectivity index is 2.25. The highest BCUT2D eigenvalue weighted by Gasteiger charge is 2.12. The van der Waals surface area contributed by atoms with Crippen molar-refractivity contribution >= 4 is 0 Å². The van der Waals surface area contributed by atoms with Gasteiger partial charge < -0.3 is 5.32 Å². The summed E-state index contributed by atoms with van der Waals surface area (Å²) in [5, 5.41) is 11.7. The Morgan fingerprint density at radius 2 is 2.00 bits per heavy atom. The molecule has 1 aromatic carbocycles. The van der Waals surface area contributed by atoms with Gasteiger partial charge in [-0.05, 0) is 44.4 Å². The van der Waals surface area contributed by atoms with Crippen molar-refractivity contribution in [2.24, 2.45) is 0 Å². The molecule has 0 saturated carbocycles. The van der Waals surface area contributed by atoms with Gasteiger partial charge in [-0.2, -0.15) is 0 Å². The summed E-state index contributed by atoms with van der Waals surface area (Å²) in [5.74, 6) is 0.509. The van der Waals surface area contributed by atoms with Crippen molar-refractivity contribution in [1.82, 2.24) is 20.3 Å². The topological polar surface area (TPSA) is 42.7 Å². The maximum absolute atomic E-state index is 4.21.